The van der Waals surface area contributed by atoms with E-state index in [4.69, 9.17) is 4.74 Å². The van der Waals surface area contributed by atoms with Crippen LogP contribution in [0.5, 0.6) is 5.88 Å². The summed E-state index contributed by atoms with van der Waals surface area (Å²) in [6.45, 7) is 0. The smallest absolute Gasteiger partial charge is 0.313 e. The lowest BCUT2D eigenvalue weighted by Gasteiger charge is -1.93. The van der Waals surface area contributed by atoms with Crippen LogP contribution in [-0.2, 0) is 9.53 Å². The summed E-state index contributed by atoms with van der Waals surface area (Å²) in [4.78, 5) is 22.0. The lowest BCUT2D eigenvalue weighted by molar-refractivity contribution is -0.139. The molecule has 0 atom stereocenters. The van der Waals surface area contributed by atoms with E-state index in [1.165, 1.54) is 20.3 Å². The Kier molecular flexibility index (Phi) is 3.22. The molecule has 0 spiro atoms. The fourth-order valence-electron chi connectivity index (χ4n) is 0.777. The Balaban J connectivity index is 2.65. The Bertz CT molecular complexity index is 343. The molecule has 0 aliphatic heterocycles. The van der Waals surface area contributed by atoms with Crippen molar-refractivity contribution in [3.05, 3.63) is 11.8 Å². The van der Waals surface area contributed by atoms with Crippen molar-refractivity contribution in [2.75, 3.05) is 14.2 Å². The molecule has 0 N–H and O–H groups in total. The summed E-state index contributed by atoms with van der Waals surface area (Å²) in [5.74, 6) is -0.941. The van der Waals surface area contributed by atoms with Crippen molar-refractivity contribution >= 4 is 11.8 Å². The van der Waals surface area contributed by atoms with Crippen LogP contribution in [0.4, 0.5) is 0 Å². The molecule has 76 valence electrons. The van der Waals surface area contributed by atoms with Crippen LogP contribution in [0.1, 0.15) is 17.0 Å². The van der Waals surface area contributed by atoms with Crippen molar-refractivity contribution in [3.63, 3.8) is 0 Å². The molecule has 0 fully saturated rings. The topological polar surface area (TPSA) is 78.6 Å². The lowest BCUT2D eigenvalue weighted by Crippen LogP contribution is -2.08. The number of hydrogen-bond donors (Lipinski definition) is 0. The first-order chi connectivity index (χ1) is 6.67. The maximum atomic E-state index is 11.3. The van der Waals surface area contributed by atoms with Gasteiger partial charge < -0.3 is 14.0 Å². The summed E-state index contributed by atoms with van der Waals surface area (Å²) in [5, 5.41) is 3.42. The number of ketones is 1. The number of carbonyl (C=O) groups is 2. The van der Waals surface area contributed by atoms with Gasteiger partial charge in [-0.1, -0.05) is 0 Å². The third-order valence-corrected chi connectivity index (χ3v) is 1.51. The van der Waals surface area contributed by atoms with Gasteiger partial charge in [0.1, 0.15) is 6.42 Å². The fraction of sp³-hybridized carbons (Fsp3) is 0.375. The van der Waals surface area contributed by atoms with Crippen molar-refractivity contribution in [1.82, 2.24) is 5.16 Å². The molecule has 0 aliphatic carbocycles. The highest BCUT2D eigenvalue weighted by molar-refractivity contribution is 6.04. The highest BCUT2D eigenvalue weighted by Crippen LogP contribution is 2.12. The molecule has 0 unspecified atom stereocenters. The Morgan fingerprint density at radius 1 is 1.50 bits per heavy atom. The van der Waals surface area contributed by atoms with Gasteiger partial charge >= 0.3 is 5.97 Å². The van der Waals surface area contributed by atoms with Gasteiger partial charge in [-0.2, -0.15) is 0 Å². The van der Waals surface area contributed by atoms with E-state index in [9.17, 15) is 9.59 Å². The maximum absolute atomic E-state index is 11.3. The third-order valence-electron chi connectivity index (χ3n) is 1.51. The van der Waals surface area contributed by atoms with Gasteiger partial charge in [-0.05, 0) is 5.16 Å². The molecule has 0 aromatic carbocycles. The second kappa shape index (κ2) is 4.40. The molecule has 0 saturated carbocycles. The number of Topliss-reactive ketones (excluding diaryl/α,β-unsaturated/α-hetero) is 1. The maximum Gasteiger partial charge on any atom is 0.313 e. The Hall–Kier alpha value is -1.85. The molecule has 0 bridgehead atoms. The molecule has 0 aliphatic rings. The van der Waals surface area contributed by atoms with Crippen LogP contribution >= 0.6 is 0 Å². The molecule has 0 saturated heterocycles. The number of methoxy groups -OCH3 is 2. The monoisotopic (exact) mass is 199 g/mol. The molecule has 0 amide bonds. The molecule has 0 radical (unpaired) electrons. The van der Waals surface area contributed by atoms with Crippen LogP contribution < -0.4 is 4.74 Å². The number of nitrogens with zero attached hydrogens (tertiary/aromatic N) is 1. The number of aromatic nitrogens is 1. The minimum absolute atomic E-state index is 0.0211. The van der Waals surface area contributed by atoms with E-state index in [1.54, 1.807) is 0 Å². The summed E-state index contributed by atoms with van der Waals surface area (Å²) in [5.41, 5.74) is 0. The molecule has 1 aromatic heterocycles. The number of rotatable bonds is 4. The van der Waals surface area contributed by atoms with Gasteiger partial charge in [0.2, 0.25) is 11.5 Å². The zero-order valence-corrected chi connectivity index (χ0v) is 7.77. The Morgan fingerprint density at radius 2 is 2.21 bits per heavy atom. The van der Waals surface area contributed by atoms with Gasteiger partial charge in [-0.15, -0.1) is 0 Å². The summed E-state index contributed by atoms with van der Waals surface area (Å²) in [6.07, 6.45) is -0.366. The third kappa shape index (κ3) is 2.32. The second-order valence-corrected chi connectivity index (χ2v) is 2.41. The molecule has 14 heavy (non-hydrogen) atoms. The summed E-state index contributed by atoms with van der Waals surface area (Å²) >= 11 is 0. The van der Waals surface area contributed by atoms with E-state index >= 15 is 0 Å². The van der Waals surface area contributed by atoms with E-state index < -0.39 is 11.8 Å². The first-order valence-electron chi connectivity index (χ1n) is 3.78. The van der Waals surface area contributed by atoms with Gasteiger partial charge in [-0.3, -0.25) is 9.59 Å². The normalized spacial score (nSPS) is 9.57. The molecular weight excluding hydrogens is 190 g/mol. The first-order valence-corrected chi connectivity index (χ1v) is 3.78. The summed E-state index contributed by atoms with van der Waals surface area (Å²) < 4.78 is 13.7. The highest BCUT2D eigenvalue weighted by atomic mass is 16.5. The standard InChI is InChI=1S/C8H9NO5/c1-12-7-4-6(14-9-7)5(10)3-8(11)13-2/h4H,3H2,1-2H3. The number of ether oxygens (including phenoxy) is 2. The van der Waals surface area contributed by atoms with Crippen LogP contribution in [0, 0.1) is 0 Å². The van der Waals surface area contributed by atoms with Gasteiger partial charge in [0.15, 0.2) is 0 Å². The number of esters is 1. The van der Waals surface area contributed by atoms with Crippen molar-refractivity contribution in [1.29, 1.82) is 0 Å². The Labute approximate surface area is 79.8 Å². The van der Waals surface area contributed by atoms with Crippen LogP contribution in [0.15, 0.2) is 10.6 Å². The van der Waals surface area contributed by atoms with Crippen LogP contribution in [0.3, 0.4) is 0 Å². The van der Waals surface area contributed by atoms with Crippen LogP contribution in [-0.4, -0.2) is 31.1 Å². The van der Waals surface area contributed by atoms with Gasteiger partial charge in [0, 0.05) is 0 Å². The lowest BCUT2D eigenvalue weighted by atomic mass is 10.2. The minimum atomic E-state index is -0.620. The average molecular weight is 199 g/mol. The average Bonchev–Trinajstić information content (AvgIpc) is 2.65. The number of carbonyl (C=O) groups excluding carboxylic acids is 2. The molecule has 6 nitrogen and oxygen atoms in total. The van der Waals surface area contributed by atoms with Crippen LogP contribution in [0.2, 0.25) is 0 Å². The van der Waals surface area contributed by atoms with Crippen LogP contribution in [0.25, 0.3) is 0 Å². The molecular formula is C8H9NO5. The van der Waals surface area contributed by atoms with Gasteiger partial charge in [-0.25, -0.2) is 0 Å². The predicted molar refractivity (Wildman–Crippen MR) is 44.0 cm³/mol. The zero-order valence-electron chi connectivity index (χ0n) is 7.77. The molecule has 6 heteroatoms. The van der Waals surface area contributed by atoms with Crippen molar-refractivity contribution < 1.29 is 23.6 Å². The SMILES string of the molecule is COC(=O)CC(=O)c1cc(OC)no1. The van der Waals surface area contributed by atoms with E-state index in [0.29, 0.717) is 0 Å². The van der Waals surface area contributed by atoms with Crippen molar-refractivity contribution in [2.45, 2.75) is 6.42 Å². The highest BCUT2D eigenvalue weighted by Gasteiger charge is 2.17. The molecule has 1 rings (SSSR count). The minimum Gasteiger partial charge on any atom is -0.479 e. The fourth-order valence-corrected chi connectivity index (χ4v) is 0.777. The van der Waals surface area contributed by atoms with E-state index in [-0.39, 0.29) is 18.1 Å². The molecule has 1 heterocycles. The number of hydrogen-bond acceptors (Lipinski definition) is 6. The largest absolute Gasteiger partial charge is 0.479 e. The zero-order chi connectivity index (χ0) is 10.6. The van der Waals surface area contributed by atoms with Gasteiger partial charge in [0.05, 0.1) is 20.3 Å². The summed E-state index contributed by atoms with van der Waals surface area (Å²) in [7, 11) is 2.60. The predicted octanol–water partition coefficient (Wildman–Crippen LogP) is 0.429. The Morgan fingerprint density at radius 3 is 2.71 bits per heavy atom. The van der Waals surface area contributed by atoms with E-state index in [0.717, 1.165) is 0 Å². The molecule has 1 aromatic rings. The second-order valence-electron chi connectivity index (χ2n) is 2.41. The first kappa shape index (κ1) is 10.2. The van der Waals surface area contributed by atoms with Crippen molar-refractivity contribution in [2.24, 2.45) is 0 Å². The summed E-state index contributed by atoms with van der Waals surface area (Å²) in [6, 6.07) is 1.31. The van der Waals surface area contributed by atoms with Crippen molar-refractivity contribution in [3.8, 4) is 5.88 Å². The van der Waals surface area contributed by atoms with E-state index in [2.05, 4.69) is 14.4 Å². The van der Waals surface area contributed by atoms with Gasteiger partial charge in [0.25, 0.3) is 5.88 Å². The quantitative estimate of drug-likeness (QED) is 0.397. The van der Waals surface area contributed by atoms with E-state index in [1.807, 2.05) is 0 Å².